The van der Waals surface area contributed by atoms with Crippen molar-refractivity contribution in [3.63, 3.8) is 0 Å². The standard InChI is InChI=1S/C11H8F2N2O2S/c12-9(13)8-2-6(4-18-8)5-1-7(11(16)17)10(14)15-3-5/h1-4,9H,(H2,14,15)(H,16,17). The van der Waals surface area contributed by atoms with E-state index in [9.17, 15) is 13.6 Å². The van der Waals surface area contributed by atoms with Gasteiger partial charge >= 0.3 is 5.97 Å². The van der Waals surface area contributed by atoms with Gasteiger partial charge in [-0.05, 0) is 23.1 Å². The number of rotatable bonds is 3. The number of hydrogen-bond acceptors (Lipinski definition) is 4. The van der Waals surface area contributed by atoms with Crippen molar-refractivity contribution in [2.24, 2.45) is 0 Å². The molecule has 3 N–H and O–H groups in total. The second-order valence-electron chi connectivity index (χ2n) is 3.50. The summed E-state index contributed by atoms with van der Waals surface area (Å²) in [7, 11) is 0. The van der Waals surface area contributed by atoms with Crippen molar-refractivity contribution < 1.29 is 18.7 Å². The smallest absolute Gasteiger partial charge is 0.339 e. The number of nitrogens with two attached hydrogens (primary N) is 1. The topological polar surface area (TPSA) is 76.2 Å². The summed E-state index contributed by atoms with van der Waals surface area (Å²) in [4.78, 5) is 14.6. The number of alkyl halides is 2. The zero-order chi connectivity index (χ0) is 13.3. The highest BCUT2D eigenvalue weighted by atomic mass is 32.1. The number of carbonyl (C=O) groups is 1. The maximum Gasteiger partial charge on any atom is 0.339 e. The predicted molar refractivity (Wildman–Crippen MR) is 63.9 cm³/mol. The molecule has 0 spiro atoms. The molecule has 2 aromatic rings. The Bertz CT molecular complexity index is 598. The lowest BCUT2D eigenvalue weighted by molar-refractivity contribution is 0.0697. The average Bonchev–Trinajstić information content (AvgIpc) is 2.78. The number of aromatic nitrogens is 1. The first-order valence-corrected chi connectivity index (χ1v) is 5.72. The highest BCUT2D eigenvalue weighted by Crippen LogP contribution is 2.32. The molecule has 2 heterocycles. The minimum absolute atomic E-state index is 0.0706. The Morgan fingerprint density at radius 1 is 1.39 bits per heavy atom. The van der Waals surface area contributed by atoms with Gasteiger partial charge in [-0.3, -0.25) is 0 Å². The molecule has 0 aliphatic rings. The van der Waals surface area contributed by atoms with Crippen molar-refractivity contribution in [3.05, 3.63) is 34.2 Å². The zero-order valence-corrected chi connectivity index (χ0v) is 9.75. The normalized spacial score (nSPS) is 10.8. The van der Waals surface area contributed by atoms with Crippen LogP contribution in [0.5, 0.6) is 0 Å². The molecule has 0 aromatic carbocycles. The lowest BCUT2D eigenvalue weighted by Gasteiger charge is -2.02. The van der Waals surface area contributed by atoms with Gasteiger partial charge in [-0.15, -0.1) is 11.3 Å². The van der Waals surface area contributed by atoms with Gasteiger partial charge in [0.15, 0.2) is 0 Å². The van der Waals surface area contributed by atoms with Crippen LogP contribution in [0.2, 0.25) is 0 Å². The Morgan fingerprint density at radius 3 is 2.67 bits per heavy atom. The summed E-state index contributed by atoms with van der Waals surface area (Å²) in [5.41, 5.74) is 6.22. The van der Waals surface area contributed by atoms with E-state index in [-0.39, 0.29) is 16.3 Å². The Balaban J connectivity index is 2.44. The van der Waals surface area contributed by atoms with E-state index in [4.69, 9.17) is 10.8 Å². The molecule has 0 bridgehead atoms. The first kappa shape index (κ1) is 12.4. The number of thiophene rings is 1. The highest BCUT2D eigenvalue weighted by Gasteiger charge is 2.14. The molecule has 0 saturated heterocycles. The minimum Gasteiger partial charge on any atom is -0.478 e. The molecule has 2 rings (SSSR count). The number of carboxylic acid groups (broad SMARTS) is 1. The molecule has 18 heavy (non-hydrogen) atoms. The molecule has 0 saturated carbocycles. The van der Waals surface area contributed by atoms with Gasteiger partial charge in [0, 0.05) is 11.8 Å². The number of hydrogen-bond donors (Lipinski definition) is 2. The molecule has 0 fully saturated rings. The predicted octanol–water partition coefficient (Wildman–Crippen LogP) is 3.03. The van der Waals surface area contributed by atoms with Crippen LogP contribution in [0.4, 0.5) is 14.6 Å². The van der Waals surface area contributed by atoms with E-state index in [1.54, 1.807) is 0 Å². The molecule has 7 heteroatoms. The van der Waals surface area contributed by atoms with Gasteiger partial charge in [0.1, 0.15) is 11.4 Å². The van der Waals surface area contributed by atoms with E-state index in [0.29, 0.717) is 11.1 Å². The molecule has 4 nitrogen and oxygen atoms in total. The zero-order valence-electron chi connectivity index (χ0n) is 8.93. The minimum atomic E-state index is -2.54. The van der Waals surface area contributed by atoms with E-state index < -0.39 is 12.4 Å². The first-order chi connectivity index (χ1) is 8.49. The van der Waals surface area contributed by atoms with Crippen molar-refractivity contribution in [2.75, 3.05) is 5.73 Å². The van der Waals surface area contributed by atoms with E-state index in [1.165, 1.54) is 23.7 Å². The maximum atomic E-state index is 12.4. The van der Waals surface area contributed by atoms with Crippen molar-refractivity contribution in [1.82, 2.24) is 4.98 Å². The Hall–Kier alpha value is -2.02. The van der Waals surface area contributed by atoms with Crippen molar-refractivity contribution in [3.8, 4) is 11.1 Å². The van der Waals surface area contributed by atoms with Crippen molar-refractivity contribution in [1.29, 1.82) is 0 Å². The monoisotopic (exact) mass is 270 g/mol. The first-order valence-electron chi connectivity index (χ1n) is 4.85. The lowest BCUT2D eigenvalue weighted by Crippen LogP contribution is -2.04. The molecule has 0 amide bonds. The number of anilines is 1. The molecule has 0 aliphatic carbocycles. The van der Waals surface area contributed by atoms with Crippen LogP contribution in [0, 0.1) is 0 Å². The fourth-order valence-electron chi connectivity index (χ4n) is 1.42. The number of pyridine rings is 1. The van der Waals surface area contributed by atoms with Gasteiger partial charge in [0.05, 0.1) is 4.88 Å². The van der Waals surface area contributed by atoms with E-state index in [1.807, 2.05) is 0 Å². The average molecular weight is 270 g/mol. The third kappa shape index (κ3) is 2.30. The van der Waals surface area contributed by atoms with Crippen LogP contribution in [0.15, 0.2) is 23.7 Å². The van der Waals surface area contributed by atoms with Crippen LogP contribution in [0.3, 0.4) is 0 Å². The maximum absolute atomic E-state index is 12.4. The van der Waals surface area contributed by atoms with Crippen LogP contribution >= 0.6 is 11.3 Å². The molecular formula is C11H8F2N2O2S. The van der Waals surface area contributed by atoms with Gasteiger partial charge in [-0.1, -0.05) is 0 Å². The van der Waals surface area contributed by atoms with Crippen molar-refractivity contribution in [2.45, 2.75) is 6.43 Å². The van der Waals surface area contributed by atoms with Crippen LogP contribution in [0.25, 0.3) is 11.1 Å². The number of aromatic carboxylic acids is 1. The molecule has 94 valence electrons. The summed E-state index contributed by atoms with van der Waals surface area (Å²) in [6.07, 6.45) is -1.18. The summed E-state index contributed by atoms with van der Waals surface area (Å²) in [5, 5.41) is 10.4. The van der Waals surface area contributed by atoms with Crippen LogP contribution in [0.1, 0.15) is 21.7 Å². The number of nitrogens with zero attached hydrogens (tertiary/aromatic N) is 1. The Labute approximate surface area is 105 Å². The molecule has 0 unspecified atom stereocenters. The van der Waals surface area contributed by atoms with Crippen molar-refractivity contribution >= 4 is 23.1 Å². The number of halogens is 2. The summed E-state index contributed by atoms with van der Waals surface area (Å²) in [6.45, 7) is 0. The largest absolute Gasteiger partial charge is 0.478 e. The fourth-order valence-corrected chi connectivity index (χ4v) is 2.19. The van der Waals surface area contributed by atoms with Gasteiger partial charge in [-0.2, -0.15) is 0 Å². The van der Waals surface area contributed by atoms with Gasteiger partial charge in [-0.25, -0.2) is 18.6 Å². The highest BCUT2D eigenvalue weighted by molar-refractivity contribution is 7.10. The summed E-state index contributed by atoms with van der Waals surface area (Å²) < 4.78 is 24.9. The van der Waals surface area contributed by atoms with E-state index >= 15 is 0 Å². The lowest BCUT2D eigenvalue weighted by atomic mass is 10.1. The van der Waals surface area contributed by atoms with Gasteiger partial charge < -0.3 is 10.8 Å². The van der Waals surface area contributed by atoms with Crippen LogP contribution < -0.4 is 5.73 Å². The Morgan fingerprint density at radius 2 is 2.11 bits per heavy atom. The fraction of sp³-hybridized carbons (Fsp3) is 0.0909. The van der Waals surface area contributed by atoms with E-state index in [2.05, 4.69) is 4.98 Å². The van der Waals surface area contributed by atoms with E-state index in [0.717, 1.165) is 11.3 Å². The third-order valence-corrected chi connectivity index (χ3v) is 3.26. The molecule has 0 aliphatic heterocycles. The third-order valence-electron chi connectivity index (χ3n) is 2.32. The van der Waals surface area contributed by atoms with Crippen LogP contribution in [-0.2, 0) is 0 Å². The molecule has 0 atom stereocenters. The van der Waals surface area contributed by atoms with Crippen LogP contribution in [-0.4, -0.2) is 16.1 Å². The number of nitrogen functional groups attached to an aromatic ring is 1. The summed E-state index contributed by atoms with van der Waals surface area (Å²) in [5.74, 6) is -1.30. The molecule has 2 aromatic heterocycles. The quantitative estimate of drug-likeness (QED) is 0.898. The summed E-state index contributed by atoms with van der Waals surface area (Å²) >= 11 is 0.914. The van der Waals surface area contributed by atoms with Gasteiger partial charge in [0.2, 0.25) is 0 Å². The number of carboxylic acids is 1. The van der Waals surface area contributed by atoms with Gasteiger partial charge in [0.25, 0.3) is 6.43 Å². The SMILES string of the molecule is Nc1ncc(-c2csc(C(F)F)c2)cc1C(=O)O. The Kier molecular flexibility index (Phi) is 3.24. The molecular weight excluding hydrogens is 262 g/mol. The molecule has 0 radical (unpaired) electrons. The summed E-state index contributed by atoms with van der Waals surface area (Å²) in [6, 6.07) is 2.64. The second kappa shape index (κ2) is 4.69. The second-order valence-corrected chi connectivity index (χ2v) is 4.44.